The van der Waals surface area contributed by atoms with Gasteiger partial charge in [-0.15, -0.1) is 10.2 Å². The lowest BCUT2D eigenvalue weighted by molar-refractivity contribution is 0.590. The van der Waals surface area contributed by atoms with E-state index in [1.807, 2.05) is 0 Å². The van der Waals surface area contributed by atoms with Crippen LogP contribution in [-0.4, -0.2) is 14.8 Å². The predicted molar refractivity (Wildman–Crippen MR) is 169 cm³/mol. The van der Waals surface area contributed by atoms with Gasteiger partial charge in [-0.25, -0.2) is 0 Å². The SMILES string of the molecule is CCCC(C)c1nnc(-c2cccc(-c3ccc(C(C)(C)C)cc3)c2)n1-c1ccc(CC)cc1-c1ccccc1. The summed E-state index contributed by atoms with van der Waals surface area (Å²) in [6.45, 7) is 13.5. The topological polar surface area (TPSA) is 30.7 Å². The molecule has 0 amide bonds. The number of aryl methyl sites for hydroxylation is 1. The molecule has 1 aromatic heterocycles. The van der Waals surface area contributed by atoms with Gasteiger partial charge in [0.15, 0.2) is 5.82 Å². The minimum absolute atomic E-state index is 0.131. The van der Waals surface area contributed by atoms with E-state index >= 15 is 0 Å². The Balaban J connectivity index is 1.68. The Morgan fingerprint density at radius 1 is 0.700 bits per heavy atom. The zero-order valence-electron chi connectivity index (χ0n) is 24.8. The van der Waals surface area contributed by atoms with Crippen molar-refractivity contribution in [2.24, 2.45) is 0 Å². The molecule has 0 saturated carbocycles. The van der Waals surface area contributed by atoms with Crippen molar-refractivity contribution in [1.82, 2.24) is 14.8 Å². The van der Waals surface area contributed by atoms with Crippen LogP contribution in [0.5, 0.6) is 0 Å². The molecule has 0 bridgehead atoms. The van der Waals surface area contributed by atoms with Crippen LogP contribution in [0.2, 0.25) is 0 Å². The first-order valence-corrected chi connectivity index (χ1v) is 14.7. The van der Waals surface area contributed by atoms with Gasteiger partial charge >= 0.3 is 0 Å². The summed E-state index contributed by atoms with van der Waals surface area (Å²) in [6.07, 6.45) is 3.15. The van der Waals surface area contributed by atoms with Gasteiger partial charge in [-0.3, -0.25) is 4.57 Å². The maximum absolute atomic E-state index is 4.84. The first-order chi connectivity index (χ1) is 19.3. The zero-order valence-corrected chi connectivity index (χ0v) is 24.8. The second-order valence-corrected chi connectivity index (χ2v) is 11.9. The van der Waals surface area contributed by atoms with E-state index in [1.165, 1.54) is 33.4 Å². The van der Waals surface area contributed by atoms with Crippen LogP contribution in [0.1, 0.15) is 77.3 Å². The van der Waals surface area contributed by atoms with Crippen LogP contribution in [0.15, 0.2) is 97.1 Å². The summed E-state index contributed by atoms with van der Waals surface area (Å²) in [6, 6.07) is 35.2. The van der Waals surface area contributed by atoms with Crippen LogP contribution < -0.4 is 0 Å². The maximum Gasteiger partial charge on any atom is 0.168 e. The molecule has 5 aromatic rings. The smallest absolute Gasteiger partial charge is 0.168 e. The molecular formula is C37H41N3. The summed E-state index contributed by atoms with van der Waals surface area (Å²) in [4.78, 5) is 0. The van der Waals surface area contributed by atoms with Gasteiger partial charge < -0.3 is 0 Å². The van der Waals surface area contributed by atoms with Gasteiger partial charge in [-0.05, 0) is 64.3 Å². The van der Waals surface area contributed by atoms with Gasteiger partial charge in [0.2, 0.25) is 0 Å². The molecule has 0 spiro atoms. The van der Waals surface area contributed by atoms with Gasteiger partial charge in [-0.2, -0.15) is 0 Å². The van der Waals surface area contributed by atoms with Crippen LogP contribution >= 0.6 is 0 Å². The Morgan fingerprint density at radius 2 is 1.40 bits per heavy atom. The van der Waals surface area contributed by atoms with Crippen LogP contribution in [0.3, 0.4) is 0 Å². The standard InChI is InChI=1S/C37H41N3/c1-7-13-26(3)35-38-39-36(31-17-12-16-30(25-31)28-19-21-32(22-20-28)37(4,5)6)40(35)34-23-18-27(8-2)24-33(34)29-14-10-9-11-15-29/h9-12,14-26H,7-8,13H2,1-6H3. The molecule has 1 heterocycles. The molecule has 0 fully saturated rings. The highest BCUT2D eigenvalue weighted by Crippen LogP contribution is 2.36. The van der Waals surface area contributed by atoms with Crippen LogP contribution in [0.25, 0.3) is 39.3 Å². The number of aromatic nitrogens is 3. The molecule has 5 rings (SSSR count). The first-order valence-electron chi connectivity index (χ1n) is 14.7. The number of nitrogens with zero attached hydrogens (tertiary/aromatic N) is 3. The maximum atomic E-state index is 4.84. The Kier molecular flexibility index (Phi) is 8.02. The third-order valence-electron chi connectivity index (χ3n) is 7.85. The molecule has 0 radical (unpaired) electrons. The van der Waals surface area contributed by atoms with E-state index in [0.29, 0.717) is 0 Å². The van der Waals surface area contributed by atoms with E-state index in [4.69, 9.17) is 10.2 Å². The van der Waals surface area contributed by atoms with Crippen LogP contribution in [0.4, 0.5) is 0 Å². The van der Waals surface area contributed by atoms with Gasteiger partial charge in [0, 0.05) is 17.0 Å². The van der Waals surface area contributed by atoms with Crippen molar-refractivity contribution in [3.05, 3.63) is 114 Å². The number of benzene rings is 4. The summed E-state index contributed by atoms with van der Waals surface area (Å²) in [7, 11) is 0. The van der Waals surface area contributed by atoms with E-state index in [1.54, 1.807) is 0 Å². The van der Waals surface area contributed by atoms with E-state index in [9.17, 15) is 0 Å². The molecule has 1 atom stereocenters. The number of rotatable bonds is 8. The molecule has 0 saturated heterocycles. The molecule has 3 nitrogen and oxygen atoms in total. The monoisotopic (exact) mass is 527 g/mol. The van der Waals surface area contributed by atoms with Gasteiger partial charge in [0.25, 0.3) is 0 Å². The number of hydrogen-bond donors (Lipinski definition) is 0. The zero-order chi connectivity index (χ0) is 28.3. The molecule has 40 heavy (non-hydrogen) atoms. The van der Waals surface area contributed by atoms with E-state index in [-0.39, 0.29) is 11.3 Å². The van der Waals surface area contributed by atoms with Crippen molar-refractivity contribution in [3.63, 3.8) is 0 Å². The lowest BCUT2D eigenvalue weighted by Gasteiger charge is -2.20. The normalized spacial score (nSPS) is 12.4. The second-order valence-electron chi connectivity index (χ2n) is 11.9. The molecule has 1 unspecified atom stereocenters. The molecule has 0 aliphatic rings. The van der Waals surface area contributed by atoms with E-state index in [2.05, 4.69) is 143 Å². The van der Waals surface area contributed by atoms with Crippen molar-refractivity contribution >= 4 is 0 Å². The minimum Gasteiger partial charge on any atom is -0.278 e. The Labute approximate surface area is 240 Å². The van der Waals surface area contributed by atoms with Crippen molar-refractivity contribution in [2.45, 2.75) is 72.1 Å². The fourth-order valence-electron chi connectivity index (χ4n) is 5.45. The molecule has 0 aliphatic heterocycles. The number of hydrogen-bond acceptors (Lipinski definition) is 2. The predicted octanol–water partition coefficient (Wildman–Crippen LogP) is 10.0. The molecule has 204 valence electrons. The molecule has 4 aromatic carbocycles. The van der Waals surface area contributed by atoms with Gasteiger partial charge in [0.1, 0.15) is 5.82 Å². The first kappa shape index (κ1) is 27.6. The second kappa shape index (κ2) is 11.6. The summed E-state index contributed by atoms with van der Waals surface area (Å²) < 4.78 is 2.31. The third kappa shape index (κ3) is 5.65. The Morgan fingerprint density at radius 3 is 2.08 bits per heavy atom. The van der Waals surface area contributed by atoms with Crippen LogP contribution in [-0.2, 0) is 11.8 Å². The van der Waals surface area contributed by atoms with Crippen molar-refractivity contribution in [1.29, 1.82) is 0 Å². The largest absolute Gasteiger partial charge is 0.278 e. The molecule has 3 heteroatoms. The average Bonchev–Trinajstić information content (AvgIpc) is 3.42. The average molecular weight is 528 g/mol. The summed E-state index contributed by atoms with van der Waals surface area (Å²) in [5.74, 6) is 2.18. The fourth-order valence-corrected chi connectivity index (χ4v) is 5.45. The minimum atomic E-state index is 0.131. The Hall–Kier alpha value is -3.98. The fraction of sp³-hybridized carbons (Fsp3) is 0.297. The van der Waals surface area contributed by atoms with Crippen molar-refractivity contribution in [2.75, 3.05) is 0 Å². The summed E-state index contributed by atoms with van der Waals surface area (Å²) >= 11 is 0. The highest BCUT2D eigenvalue weighted by Gasteiger charge is 2.23. The van der Waals surface area contributed by atoms with Crippen molar-refractivity contribution < 1.29 is 0 Å². The van der Waals surface area contributed by atoms with E-state index in [0.717, 1.165) is 42.2 Å². The highest BCUT2D eigenvalue weighted by molar-refractivity contribution is 5.77. The van der Waals surface area contributed by atoms with Gasteiger partial charge in [-0.1, -0.05) is 127 Å². The Bertz CT molecular complexity index is 1570. The van der Waals surface area contributed by atoms with Gasteiger partial charge in [0.05, 0.1) is 5.69 Å². The quantitative estimate of drug-likeness (QED) is 0.201. The molecular weight excluding hydrogens is 486 g/mol. The lowest BCUT2D eigenvalue weighted by atomic mass is 9.86. The molecule has 0 N–H and O–H groups in total. The molecule has 0 aliphatic carbocycles. The van der Waals surface area contributed by atoms with Crippen molar-refractivity contribution in [3.8, 4) is 39.3 Å². The third-order valence-corrected chi connectivity index (χ3v) is 7.85. The lowest BCUT2D eigenvalue weighted by Crippen LogP contribution is -2.10. The highest BCUT2D eigenvalue weighted by atomic mass is 15.3. The van der Waals surface area contributed by atoms with E-state index < -0.39 is 0 Å². The summed E-state index contributed by atoms with van der Waals surface area (Å²) in [5, 5.41) is 9.66. The summed E-state index contributed by atoms with van der Waals surface area (Å²) in [5.41, 5.74) is 9.78. The van der Waals surface area contributed by atoms with Crippen LogP contribution in [0, 0.1) is 0 Å².